The van der Waals surface area contributed by atoms with Gasteiger partial charge in [-0.2, -0.15) is 0 Å². The Bertz CT molecular complexity index is 1390. The average molecular weight is 1550 g/mol. The van der Waals surface area contributed by atoms with Crippen molar-refractivity contribution in [2.45, 2.75) is 438 Å². The van der Waals surface area contributed by atoms with Crippen LogP contribution in [0, 0.1) is 29.6 Å². The highest BCUT2D eigenvalue weighted by Gasteiger charge is 2.18. The minimum atomic E-state index is -0.133. The third-order valence-electron chi connectivity index (χ3n) is 14.0. The average Bonchev–Trinajstić information content (AvgIpc) is 0.906. The molecule has 14 nitrogen and oxygen atoms in total. The molecule has 2 saturated heterocycles. The number of carbonyl (C=O) groups is 3. The van der Waals surface area contributed by atoms with E-state index in [4.69, 9.17) is 15.9 Å². The topological polar surface area (TPSA) is 167 Å². The molecule has 107 heavy (non-hydrogen) atoms. The van der Waals surface area contributed by atoms with E-state index in [0.29, 0.717) is 68.2 Å². The van der Waals surface area contributed by atoms with Crippen molar-refractivity contribution in [3.8, 4) is 0 Å². The summed E-state index contributed by atoms with van der Waals surface area (Å²) >= 11 is 0. The second kappa shape index (κ2) is 133. The summed E-state index contributed by atoms with van der Waals surface area (Å²) in [5, 5.41) is 23.6. The lowest BCUT2D eigenvalue weighted by Crippen LogP contribution is -2.49. The van der Waals surface area contributed by atoms with Crippen LogP contribution in [-0.2, 0) is 19.1 Å². The first-order chi connectivity index (χ1) is 49.7. The van der Waals surface area contributed by atoms with Crippen LogP contribution >= 0.6 is 0 Å². The van der Waals surface area contributed by atoms with Gasteiger partial charge in [0, 0.05) is 108 Å². The number of hydrogen-bond acceptors (Lipinski definition) is 14. The zero-order valence-electron chi connectivity index (χ0n) is 80.6. The number of methoxy groups -OCH3 is 1. The number of carbonyl (C=O) groups excluding carboxylic acids is 3. The maximum Gasteiger partial charge on any atom is 0.306 e. The van der Waals surface area contributed by atoms with Crippen molar-refractivity contribution in [3.63, 3.8) is 0 Å². The molecule has 0 aromatic rings. The van der Waals surface area contributed by atoms with Gasteiger partial charge in [-0.15, -0.1) is 0 Å². The summed E-state index contributed by atoms with van der Waals surface area (Å²) in [6, 6.07) is 2.85. The van der Waals surface area contributed by atoms with Crippen molar-refractivity contribution in [2.24, 2.45) is 35.3 Å². The first kappa shape index (κ1) is 147. The Morgan fingerprint density at radius 1 is 0.486 bits per heavy atom. The van der Waals surface area contributed by atoms with Crippen LogP contribution in [-0.4, -0.2) is 201 Å². The number of nitrogens with zero attached hydrogens (tertiary/aromatic N) is 5. The molecule has 2 aliphatic heterocycles. The lowest BCUT2D eigenvalue weighted by Gasteiger charge is -2.36. The van der Waals surface area contributed by atoms with Gasteiger partial charge >= 0.3 is 5.97 Å². The molecule has 0 amide bonds. The van der Waals surface area contributed by atoms with E-state index in [0.717, 1.165) is 82.5 Å². The molecule has 2 aliphatic rings. The van der Waals surface area contributed by atoms with Crippen molar-refractivity contribution in [3.05, 3.63) is 12.7 Å². The molecule has 2 heterocycles. The number of piperidine rings is 1. The first-order valence-electron chi connectivity index (χ1n) is 44.5. The number of nitrogens with one attached hydrogen (secondary N) is 2. The molecule has 6 N–H and O–H groups in total. The van der Waals surface area contributed by atoms with Crippen LogP contribution in [0.2, 0.25) is 0 Å². The van der Waals surface area contributed by atoms with Crippen molar-refractivity contribution >= 4 is 17.5 Å². The standard InChI is InChI=1S/C11H23N.C11H18O2.C10H21NO2.C9H21N3.2C8H19NO.C7H17N.C6H14.3C3H8.6C2H6.2CH4/c1-11(2)7-6-10-12-8-4-3-5-9-12;1-4-10(12)6-5-7-11(13)8-9(2)3;1-8(2)11(9(3)4)7-6-10(12)13-5;1-9(2)12-7-5-11(4-3-10)6-8-12;1-8(2)4-3-5-9-6-7-10;1-4-5-9(6-7-10)8(2)3;1-6(2)5-8-7(3)4;1-4-5-6(2)3;3*1-3-2;6*1-2;;/h11H,3-10H2,1-2H3;4,9H,1,5-8H2,2-3H3;8-9H,6-7H2,1-5H3;9H,3-8,10H2,1-2H3;8-10H,3-7H2,1-2H3;8,10H,4-7H2,1-3H3;6-8H,5H2,1-4H3;6H,4-5H2,1-3H3;3*3H2,1-2H3;6*1-2H3;2*1H4. The summed E-state index contributed by atoms with van der Waals surface area (Å²) in [5.74, 6) is 3.93. The second-order valence-electron chi connectivity index (χ2n) is 28.7. The van der Waals surface area contributed by atoms with Gasteiger partial charge in [0.2, 0.25) is 0 Å². The summed E-state index contributed by atoms with van der Waals surface area (Å²) in [4.78, 5) is 45.0. The number of hydrogen-bond donors (Lipinski definition) is 5. The first-order valence-corrected chi connectivity index (χ1v) is 44.5. The number of rotatable bonds is 35. The second-order valence-corrected chi connectivity index (χ2v) is 28.7. The molecule has 0 spiro atoms. The molecule has 0 unspecified atom stereocenters. The molecule has 0 bridgehead atoms. The molecule has 0 aromatic carbocycles. The van der Waals surface area contributed by atoms with Crippen molar-refractivity contribution in [1.29, 1.82) is 0 Å². The van der Waals surface area contributed by atoms with Gasteiger partial charge in [0.15, 0.2) is 5.78 Å². The highest BCUT2D eigenvalue weighted by Crippen LogP contribution is 2.12. The maximum absolute atomic E-state index is 11.2. The minimum absolute atomic E-state index is 0. The van der Waals surface area contributed by atoms with Crippen LogP contribution in [0.1, 0.15) is 407 Å². The maximum atomic E-state index is 11.2. The lowest BCUT2D eigenvalue weighted by atomic mass is 10.0. The molecular formula is C93H220N8O6. The van der Waals surface area contributed by atoms with Gasteiger partial charge in [-0.1, -0.05) is 282 Å². The molecular weight excluding hydrogens is 1330 g/mol. The van der Waals surface area contributed by atoms with E-state index in [1.54, 1.807) is 0 Å². The van der Waals surface area contributed by atoms with Gasteiger partial charge in [0.05, 0.1) is 26.7 Å². The normalized spacial score (nSPS) is 11.7. The summed E-state index contributed by atoms with van der Waals surface area (Å²) in [6.07, 6.45) is 21.3. The van der Waals surface area contributed by atoms with E-state index < -0.39 is 0 Å². The third-order valence-corrected chi connectivity index (χ3v) is 14.0. The number of likely N-dealkylation sites (tertiary alicyclic amines) is 1. The molecule has 2 rings (SSSR count). The minimum Gasteiger partial charge on any atom is -0.469 e. The number of nitrogens with two attached hydrogens (primary N) is 1. The van der Waals surface area contributed by atoms with Crippen LogP contribution in [0.3, 0.4) is 0 Å². The quantitative estimate of drug-likeness (QED) is 0.0231. The van der Waals surface area contributed by atoms with E-state index >= 15 is 0 Å². The zero-order chi connectivity index (χ0) is 86.0. The Morgan fingerprint density at radius 3 is 1.20 bits per heavy atom. The predicted molar refractivity (Wildman–Crippen MR) is 499 cm³/mol. The molecule has 14 heteroatoms. The molecule has 0 aliphatic carbocycles. The Labute approximate surface area is 682 Å². The Balaban J connectivity index is -0.0000000557. The Morgan fingerprint density at radius 2 is 0.907 bits per heavy atom. The largest absolute Gasteiger partial charge is 0.469 e. The lowest BCUT2D eigenvalue weighted by molar-refractivity contribution is -0.141. The van der Waals surface area contributed by atoms with Gasteiger partial charge < -0.3 is 36.2 Å². The van der Waals surface area contributed by atoms with E-state index in [9.17, 15) is 14.4 Å². The Hall–Kier alpha value is -1.85. The molecule has 0 radical (unpaired) electrons. The number of piperazine rings is 1. The van der Waals surface area contributed by atoms with Crippen LogP contribution in [0.25, 0.3) is 0 Å². The SMILES string of the molecule is C.C.C=CC(=O)CCCC(=O)CC(C)C.CC.CC.CC.CC.CC.CC.CC(C)CCCN1CCCCC1.CC(C)CCCNCCO.CC(C)CNC(C)C.CC(C)N1CCN(CCN)CC1.CCC.CCC.CCC.CCCC(C)C.CCCN(CCO)C(C)C.COC(=O)CCN(C(C)C)C(C)C. The zero-order valence-corrected chi connectivity index (χ0v) is 80.6. The number of ketones is 2. The summed E-state index contributed by atoms with van der Waals surface area (Å²) in [6.45, 7) is 105. The van der Waals surface area contributed by atoms with Gasteiger partial charge in [-0.3, -0.25) is 34.0 Å². The van der Waals surface area contributed by atoms with Crippen LogP contribution in [0.15, 0.2) is 12.7 Å². The van der Waals surface area contributed by atoms with E-state index in [1.165, 1.54) is 136 Å². The van der Waals surface area contributed by atoms with Gasteiger partial charge in [-0.25, -0.2) is 0 Å². The molecule has 0 atom stereocenters. The van der Waals surface area contributed by atoms with Crippen LogP contribution < -0.4 is 16.4 Å². The smallest absolute Gasteiger partial charge is 0.306 e. The number of aliphatic hydroxyl groups excluding tert-OH is 2. The fourth-order valence-electron chi connectivity index (χ4n) is 9.08. The number of ether oxygens (including phenoxy) is 1. The summed E-state index contributed by atoms with van der Waals surface area (Å²) in [7, 11) is 1.43. The van der Waals surface area contributed by atoms with Crippen molar-refractivity contribution < 1.29 is 29.3 Å². The van der Waals surface area contributed by atoms with E-state index in [-0.39, 0.29) is 45.6 Å². The van der Waals surface area contributed by atoms with Crippen molar-refractivity contribution in [2.75, 3.05) is 118 Å². The highest BCUT2D eigenvalue weighted by atomic mass is 16.5. The number of aliphatic hydroxyl groups is 2. The third kappa shape index (κ3) is 165. The molecule has 668 valence electrons. The highest BCUT2D eigenvalue weighted by molar-refractivity contribution is 5.89. The van der Waals surface area contributed by atoms with E-state index in [1.807, 2.05) is 96.9 Å². The number of Topliss-reactive ketones (excluding diaryl/α,β-unsaturated/α-hetero) is 1. The monoisotopic (exact) mass is 1550 g/mol. The fraction of sp³-hybridized carbons (Fsp3) is 0.946. The molecule has 0 aromatic heterocycles. The predicted octanol–water partition coefficient (Wildman–Crippen LogP) is 24.9. The van der Waals surface area contributed by atoms with Gasteiger partial charge in [-0.05, 0) is 182 Å². The molecule has 0 saturated carbocycles. The summed E-state index contributed by atoms with van der Waals surface area (Å²) < 4.78 is 4.59. The summed E-state index contributed by atoms with van der Waals surface area (Å²) in [5.41, 5.74) is 5.50. The number of allylic oxidation sites excluding steroid dienone is 1. The van der Waals surface area contributed by atoms with Crippen molar-refractivity contribution in [1.82, 2.24) is 35.1 Å². The molecule has 2 fully saturated rings. The Kier molecular flexibility index (Phi) is 183. The number of esters is 1. The van der Waals surface area contributed by atoms with Crippen LogP contribution in [0.5, 0.6) is 0 Å². The van der Waals surface area contributed by atoms with Gasteiger partial charge in [0.25, 0.3) is 0 Å². The van der Waals surface area contributed by atoms with Crippen LogP contribution in [0.4, 0.5) is 0 Å². The van der Waals surface area contributed by atoms with E-state index in [2.05, 4.69) is 226 Å². The van der Waals surface area contributed by atoms with Gasteiger partial charge in [0.1, 0.15) is 5.78 Å². The fourth-order valence-corrected chi connectivity index (χ4v) is 9.08.